The SMILES string of the molecule is COc1cc(SC)ccc1C(=O)OCC(=O)Nc1ccc(C(C)(C)C)cc1. The third-order valence-corrected chi connectivity index (χ3v) is 4.72. The Hall–Kier alpha value is -2.47. The van der Waals surface area contributed by atoms with Gasteiger partial charge in [0.1, 0.15) is 11.3 Å². The second-order valence-corrected chi connectivity index (χ2v) is 7.90. The van der Waals surface area contributed by atoms with E-state index in [1.165, 1.54) is 12.7 Å². The minimum Gasteiger partial charge on any atom is -0.496 e. The normalized spacial score (nSPS) is 11.0. The van der Waals surface area contributed by atoms with Crippen LogP contribution in [0.2, 0.25) is 0 Å². The maximum atomic E-state index is 12.2. The average Bonchev–Trinajstić information content (AvgIpc) is 2.65. The van der Waals surface area contributed by atoms with Crippen molar-refractivity contribution in [3.63, 3.8) is 0 Å². The number of carbonyl (C=O) groups is 2. The van der Waals surface area contributed by atoms with Crippen molar-refractivity contribution in [3.05, 3.63) is 53.6 Å². The Bertz CT molecular complexity index is 810. The summed E-state index contributed by atoms with van der Waals surface area (Å²) in [7, 11) is 1.49. The van der Waals surface area contributed by atoms with Gasteiger partial charge in [0.25, 0.3) is 5.91 Å². The Balaban J connectivity index is 1.94. The molecule has 0 saturated carbocycles. The lowest BCUT2D eigenvalue weighted by Gasteiger charge is -2.19. The first-order valence-corrected chi connectivity index (χ1v) is 9.76. The first kappa shape index (κ1) is 20.8. The maximum Gasteiger partial charge on any atom is 0.342 e. The third-order valence-electron chi connectivity index (χ3n) is 4.00. The number of hydrogen-bond acceptors (Lipinski definition) is 5. The summed E-state index contributed by atoms with van der Waals surface area (Å²) in [6, 6.07) is 12.8. The minimum atomic E-state index is -0.599. The van der Waals surface area contributed by atoms with E-state index in [2.05, 4.69) is 26.1 Å². The van der Waals surface area contributed by atoms with Crippen LogP contribution >= 0.6 is 11.8 Å². The fraction of sp³-hybridized carbons (Fsp3) is 0.333. The molecule has 27 heavy (non-hydrogen) atoms. The zero-order chi connectivity index (χ0) is 20.0. The van der Waals surface area contributed by atoms with Crippen molar-refractivity contribution in [1.82, 2.24) is 0 Å². The molecule has 0 saturated heterocycles. The molecule has 2 aromatic carbocycles. The van der Waals surface area contributed by atoms with Crippen LogP contribution in [0.1, 0.15) is 36.7 Å². The molecule has 1 N–H and O–H groups in total. The number of nitrogens with one attached hydrogen (secondary N) is 1. The predicted octanol–water partition coefficient (Wildman–Crippen LogP) is 4.51. The lowest BCUT2D eigenvalue weighted by atomic mass is 9.87. The smallest absolute Gasteiger partial charge is 0.342 e. The summed E-state index contributed by atoms with van der Waals surface area (Å²) in [4.78, 5) is 25.3. The molecule has 0 unspecified atom stereocenters. The van der Waals surface area contributed by atoms with E-state index < -0.39 is 11.9 Å². The zero-order valence-electron chi connectivity index (χ0n) is 16.3. The van der Waals surface area contributed by atoms with E-state index >= 15 is 0 Å². The summed E-state index contributed by atoms with van der Waals surface area (Å²) < 4.78 is 10.4. The molecule has 0 spiro atoms. The van der Waals surface area contributed by atoms with Crippen molar-refractivity contribution in [2.75, 3.05) is 25.3 Å². The number of amides is 1. The molecule has 0 radical (unpaired) electrons. The van der Waals surface area contributed by atoms with Crippen LogP contribution in [0.15, 0.2) is 47.4 Å². The predicted molar refractivity (Wildman–Crippen MR) is 109 cm³/mol. The van der Waals surface area contributed by atoms with Gasteiger partial charge in [0, 0.05) is 10.6 Å². The van der Waals surface area contributed by atoms with Gasteiger partial charge in [0.15, 0.2) is 6.61 Å². The van der Waals surface area contributed by atoms with E-state index in [9.17, 15) is 9.59 Å². The summed E-state index contributed by atoms with van der Waals surface area (Å²) >= 11 is 1.54. The monoisotopic (exact) mass is 387 g/mol. The number of thioether (sulfide) groups is 1. The van der Waals surface area contributed by atoms with E-state index in [-0.39, 0.29) is 17.6 Å². The molecule has 2 rings (SSSR count). The van der Waals surface area contributed by atoms with Gasteiger partial charge in [0.2, 0.25) is 0 Å². The van der Waals surface area contributed by atoms with Gasteiger partial charge >= 0.3 is 5.97 Å². The molecule has 0 aromatic heterocycles. The molecule has 0 aliphatic carbocycles. The van der Waals surface area contributed by atoms with Crippen LogP contribution in [-0.4, -0.2) is 31.8 Å². The second-order valence-electron chi connectivity index (χ2n) is 7.02. The summed E-state index contributed by atoms with van der Waals surface area (Å²) in [6.07, 6.45) is 1.94. The van der Waals surface area contributed by atoms with Crippen LogP contribution in [0, 0.1) is 0 Å². The van der Waals surface area contributed by atoms with Crippen molar-refractivity contribution >= 4 is 29.3 Å². The van der Waals surface area contributed by atoms with Crippen molar-refractivity contribution in [2.24, 2.45) is 0 Å². The fourth-order valence-corrected chi connectivity index (χ4v) is 2.86. The fourth-order valence-electron chi connectivity index (χ4n) is 2.43. The largest absolute Gasteiger partial charge is 0.496 e. The quantitative estimate of drug-likeness (QED) is 0.584. The Labute approximate surface area is 164 Å². The highest BCUT2D eigenvalue weighted by Gasteiger charge is 2.16. The van der Waals surface area contributed by atoms with Crippen LogP contribution < -0.4 is 10.1 Å². The second kappa shape index (κ2) is 8.95. The van der Waals surface area contributed by atoms with Gasteiger partial charge in [-0.2, -0.15) is 0 Å². The Morgan fingerprint density at radius 3 is 2.30 bits per heavy atom. The minimum absolute atomic E-state index is 0.0446. The van der Waals surface area contributed by atoms with E-state index in [0.717, 1.165) is 4.90 Å². The van der Waals surface area contributed by atoms with Gasteiger partial charge in [-0.3, -0.25) is 4.79 Å². The number of ether oxygens (including phenoxy) is 2. The zero-order valence-corrected chi connectivity index (χ0v) is 17.1. The van der Waals surface area contributed by atoms with E-state index in [1.807, 2.05) is 30.5 Å². The van der Waals surface area contributed by atoms with Gasteiger partial charge in [-0.15, -0.1) is 11.8 Å². The molecule has 0 heterocycles. The highest BCUT2D eigenvalue weighted by Crippen LogP contribution is 2.26. The third kappa shape index (κ3) is 5.76. The van der Waals surface area contributed by atoms with Crippen LogP contribution in [-0.2, 0) is 14.9 Å². The first-order valence-electron chi connectivity index (χ1n) is 8.54. The number of carbonyl (C=O) groups excluding carboxylic acids is 2. The van der Waals surface area contributed by atoms with E-state index in [4.69, 9.17) is 9.47 Å². The molecule has 0 fully saturated rings. The van der Waals surface area contributed by atoms with Crippen molar-refractivity contribution in [3.8, 4) is 5.75 Å². The van der Waals surface area contributed by atoms with Gasteiger partial charge in [-0.05, 0) is 47.6 Å². The van der Waals surface area contributed by atoms with E-state index in [1.54, 1.807) is 30.0 Å². The number of methoxy groups -OCH3 is 1. The molecule has 0 aliphatic heterocycles. The van der Waals surface area contributed by atoms with E-state index in [0.29, 0.717) is 11.4 Å². The number of hydrogen-bond donors (Lipinski definition) is 1. The topological polar surface area (TPSA) is 64.6 Å². The van der Waals surface area contributed by atoms with Gasteiger partial charge in [-0.25, -0.2) is 4.79 Å². The molecule has 0 atom stereocenters. The summed E-state index contributed by atoms with van der Waals surface area (Å²) in [5, 5.41) is 2.72. The number of anilines is 1. The Morgan fingerprint density at radius 2 is 1.74 bits per heavy atom. The average molecular weight is 388 g/mol. The molecule has 5 nitrogen and oxygen atoms in total. The van der Waals surface area contributed by atoms with Crippen LogP contribution in [0.3, 0.4) is 0 Å². The Morgan fingerprint density at radius 1 is 1.07 bits per heavy atom. The van der Waals surface area contributed by atoms with Gasteiger partial charge < -0.3 is 14.8 Å². The van der Waals surface area contributed by atoms with Crippen LogP contribution in [0.4, 0.5) is 5.69 Å². The molecular formula is C21H25NO4S. The van der Waals surface area contributed by atoms with Gasteiger partial charge in [-0.1, -0.05) is 32.9 Å². The maximum absolute atomic E-state index is 12.2. The summed E-state index contributed by atoms with van der Waals surface area (Å²) in [5.74, 6) is -0.575. The summed E-state index contributed by atoms with van der Waals surface area (Å²) in [5.41, 5.74) is 2.17. The van der Waals surface area contributed by atoms with Crippen molar-refractivity contribution < 1.29 is 19.1 Å². The standard InChI is InChI=1S/C21H25NO4S/c1-21(2,3)14-6-8-15(9-7-14)22-19(23)13-26-20(24)17-11-10-16(27-5)12-18(17)25-4/h6-12H,13H2,1-5H3,(H,22,23). The molecule has 1 amide bonds. The number of benzene rings is 2. The highest BCUT2D eigenvalue weighted by molar-refractivity contribution is 7.98. The van der Waals surface area contributed by atoms with Crippen molar-refractivity contribution in [1.29, 1.82) is 0 Å². The van der Waals surface area contributed by atoms with Gasteiger partial charge in [0.05, 0.1) is 7.11 Å². The first-order chi connectivity index (χ1) is 12.7. The van der Waals surface area contributed by atoms with Crippen LogP contribution in [0.25, 0.3) is 0 Å². The van der Waals surface area contributed by atoms with Crippen molar-refractivity contribution in [2.45, 2.75) is 31.1 Å². The molecular weight excluding hydrogens is 362 g/mol. The lowest BCUT2D eigenvalue weighted by molar-refractivity contribution is -0.119. The Kier molecular flexibility index (Phi) is 6.91. The number of esters is 1. The number of rotatable bonds is 6. The molecule has 0 bridgehead atoms. The summed E-state index contributed by atoms with van der Waals surface area (Å²) in [6.45, 7) is 6.01. The molecule has 6 heteroatoms. The van der Waals surface area contributed by atoms with Crippen LogP contribution in [0.5, 0.6) is 5.75 Å². The molecule has 2 aromatic rings. The highest BCUT2D eigenvalue weighted by atomic mass is 32.2. The molecule has 0 aliphatic rings. The molecule has 144 valence electrons. The lowest BCUT2D eigenvalue weighted by Crippen LogP contribution is -2.21.